The molecule has 174 valence electrons. The Balaban J connectivity index is 1.29. The number of rotatable bonds is 5. The van der Waals surface area contributed by atoms with E-state index in [1.807, 2.05) is 54.6 Å². The van der Waals surface area contributed by atoms with Gasteiger partial charge in [0.15, 0.2) is 0 Å². The quantitative estimate of drug-likeness (QED) is 0.628. The summed E-state index contributed by atoms with van der Waals surface area (Å²) in [6, 6.07) is 20.4. The molecule has 34 heavy (non-hydrogen) atoms. The smallest absolute Gasteiger partial charge is 0.410 e. The largest absolute Gasteiger partial charge is 0.445 e. The fraction of sp³-hybridized carbons (Fsp3) is 0.231. The van der Waals surface area contributed by atoms with Crippen molar-refractivity contribution in [2.75, 3.05) is 31.5 Å². The number of ether oxygens (including phenoxy) is 1. The summed E-state index contributed by atoms with van der Waals surface area (Å²) in [5.74, 6) is -0.240. The lowest BCUT2D eigenvalue weighted by Gasteiger charge is -2.34. The normalized spacial score (nSPS) is 13.3. The van der Waals surface area contributed by atoms with Gasteiger partial charge in [-0.25, -0.2) is 4.79 Å². The molecule has 1 aliphatic heterocycles. The van der Waals surface area contributed by atoms with Crippen LogP contribution in [0, 0.1) is 0 Å². The molecule has 1 aliphatic rings. The number of benzene rings is 2. The van der Waals surface area contributed by atoms with Gasteiger partial charge in [-0.3, -0.25) is 14.6 Å². The van der Waals surface area contributed by atoms with Gasteiger partial charge in [0.1, 0.15) is 6.61 Å². The minimum absolute atomic E-state index is 0.114. The number of pyridine rings is 1. The average molecular weight is 459 g/mol. The van der Waals surface area contributed by atoms with Crippen LogP contribution in [0.3, 0.4) is 0 Å². The molecule has 1 N–H and O–H groups in total. The third kappa shape index (κ3) is 5.78. The van der Waals surface area contributed by atoms with Gasteiger partial charge >= 0.3 is 6.09 Å². The van der Waals surface area contributed by atoms with E-state index < -0.39 is 0 Å². The van der Waals surface area contributed by atoms with Crippen molar-refractivity contribution >= 4 is 23.6 Å². The van der Waals surface area contributed by atoms with Crippen molar-refractivity contribution in [2.24, 2.45) is 0 Å². The fourth-order valence-corrected chi connectivity index (χ4v) is 3.70. The van der Waals surface area contributed by atoms with E-state index in [0.717, 1.165) is 16.8 Å². The van der Waals surface area contributed by atoms with Gasteiger partial charge in [0, 0.05) is 50.6 Å². The monoisotopic (exact) mass is 458 g/mol. The molecular weight excluding hydrogens is 432 g/mol. The van der Waals surface area contributed by atoms with Crippen molar-refractivity contribution in [1.82, 2.24) is 14.8 Å². The van der Waals surface area contributed by atoms with Crippen LogP contribution in [0.1, 0.15) is 22.8 Å². The second-order valence-electron chi connectivity index (χ2n) is 8.01. The van der Waals surface area contributed by atoms with Crippen molar-refractivity contribution in [1.29, 1.82) is 0 Å². The fourth-order valence-electron chi connectivity index (χ4n) is 3.70. The summed E-state index contributed by atoms with van der Waals surface area (Å²) in [6.07, 6.45) is 1.20. The van der Waals surface area contributed by atoms with Crippen molar-refractivity contribution in [2.45, 2.75) is 13.5 Å². The van der Waals surface area contributed by atoms with Gasteiger partial charge in [-0.05, 0) is 29.8 Å². The minimum Gasteiger partial charge on any atom is -0.445 e. The highest BCUT2D eigenvalue weighted by atomic mass is 16.6. The number of anilines is 1. The number of aromatic nitrogens is 1. The predicted octanol–water partition coefficient (Wildman–Crippen LogP) is 3.80. The van der Waals surface area contributed by atoms with E-state index in [9.17, 15) is 14.4 Å². The molecule has 2 heterocycles. The SMILES string of the molecule is CC(=O)Nc1ccc(-c2ccc(C(=O)N3CCN(C(=O)OCc4ccccc4)CC3)cn2)cc1. The second kappa shape index (κ2) is 10.6. The maximum atomic E-state index is 12.9. The third-order valence-electron chi connectivity index (χ3n) is 5.54. The van der Waals surface area contributed by atoms with Crippen LogP contribution in [0.25, 0.3) is 11.3 Å². The summed E-state index contributed by atoms with van der Waals surface area (Å²) in [4.78, 5) is 44.2. The zero-order valence-electron chi connectivity index (χ0n) is 18.9. The second-order valence-corrected chi connectivity index (χ2v) is 8.01. The highest BCUT2D eigenvalue weighted by molar-refractivity contribution is 5.94. The maximum Gasteiger partial charge on any atom is 0.410 e. The molecule has 1 aromatic heterocycles. The van der Waals surface area contributed by atoms with Gasteiger partial charge in [0.05, 0.1) is 11.3 Å². The van der Waals surface area contributed by atoms with Crippen molar-refractivity contribution in [3.05, 3.63) is 84.1 Å². The topological polar surface area (TPSA) is 91.8 Å². The Morgan fingerprint density at radius 1 is 0.882 bits per heavy atom. The molecular formula is C26H26N4O4. The van der Waals surface area contributed by atoms with E-state index in [4.69, 9.17) is 4.74 Å². The molecule has 0 radical (unpaired) electrons. The first-order valence-electron chi connectivity index (χ1n) is 11.1. The highest BCUT2D eigenvalue weighted by Gasteiger charge is 2.26. The number of nitrogens with one attached hydrogen (secondary N) is 1. The molecule has 0 saturated carbocycles. The van der Waals surface area contributed by atoms with E-state index in [2.05, 4.69) is 10.3 Å². The number of hydrogen-bond donors (Lipinski definition) is 1. The van der Waals surface area contributed by atoms with Crippen LogP contribution in [-0.4, -0.2) is 58.9 Å². The lowest BCUT2D eigenvalue weighted by molar-refractivity contribution is -0.114. The van der Waals surface area contributed by atoms with Gasteiger partial charge in [-0.15, -0.1) is 0 Å². The average Bonchev–Trinajstić information content (AvgIpc) is 2.88. The zero-order valence-corrected chi connectivity index (χ0v) is 18.9. The molecule has 0 aliphatic carbocycles. The van der Waals surface area contributed by atoms with Crippen LogP contribution in [0.15, 0.2) is 72.9 Å². The molecule has 3 aromatic rings. The molecule has 0 unspecified atom stereocenters. The van der Waals surface area contributed by atoms with Gasteiger partial charge in [-0.2, -0.15) is 0 Å². The number of hydrogen-bond acceptors (Lipinski definition) is 5. The summed E-state index contributed by atoms with van der Waals surface area (Å²) < 4.78 is 5.38. The Morgan fingerprint density at radius 3 is 2.18 bits per heavy atom. The Morgan fingerprint density at radius 2 is 1.56 bits per heavy atom. The van der Waals surface area contributed by atoms with Gasteiger partial charge in [0.2, 0.25) is 5.91 Å². The van der Waals surface area contributed by atoms with Crippen LogP contribution in [0.2, 0.25) is 0 Å². The van der Waals surface area contributed by atoms with Gasteiger partial charge in [-0.1, -0.05) is 42.5 Å². The first-order valence-corrected chi connectivity index (χ1v) is 11.1. The first-order chi connectivity index (χ1) is 16.5. The van der Waals surface area contributed by atoms with Crippen LogP contribution < -0.4 is 5.32 Å². The number of amides is 3. The zero-order chi connectivity index (χ0) is 23.9. The molecule has 2 aromatic carbocycles. The molecule has 4 rings (SSSR count). The van der Waals surface area contributed by atoms with Crippen molar-refractivity contribution in [3.63, 3.8) is 0 Å². The van der Waals surface area contributed by atoms with Gasteiger partial charge < -0.3 is 19.9 Å². The van der Waals surface area contributed by atoms with Crippen LogP contribution in [0.5, 0.6) is 0 Å². The molecule has 1 fully saturated rings. The number of carbonyl (C=O) groups excluding carboxylic acids is 3. The molecule has 8 heteroatoms. The molecule has 1 saturated heterocycles. The van der Waals surface area contributed by atoms with E-state index in [0.29, 0.717) is 37.4 Å². The van der Waals surface area contributed by atoms with Crippen LogP contribution in [-0.2, 0) is 16.1 Å². The summed E-state index contributed by atoms with van der Waals surface area (Å²) in [6.45, 7) is 3.41. The number of piperazine rings is 1. The predicted molar refractivity (Wildman–Crippen MR) is 128 cm³/mol. The Hall–Kier alpha value is -4.20. The van der Waals surface area contributed by atoms with E-state index >= 15 is 0 Å². The Bertz CT molecular complexity index is 1140. The standard InChI is InChI=1S/C26H26N4O4/c1-19(31)28-23-10-7-21(8-11-23)24-12-9-22(17-27-24)25(32)29-13-15-30(16-14-29)26(33)34-18-20-5-3-2-4-6-20/h2-12,17H,13-16,18H2,1H3,(H,28,31). The molecule has 3 amide bonds. The highest BCUT2D eigenvalue weighted by Crippen LogP contribution is 2.20. The van der Waals surface area contributed by atoms with Crippen molar-refractivity contribution in [3.8, 4) is 11.3 Å². The molecule has 0 atom stereocenters. The Labute approximate surface area is 198 Å². The van der Waals surface area contributed by atoms with E-state index in [1.54, 1.807) is 28.1 Å². The van der Waals surface area contributed by atoms with E-state index in [1.165, 1.54) is 6.92 Å². The summed E-state index contributed by atoms with van der Waals surface area (Å²) >= 11 is 0. The van der Waals surface area contributed by atoms with E-state index in [-0.39, 0.29) is 24.5 Å². The molecule has 8 nitrogen and oxygen atoms in total. The molecule has 0 spiro atoms. The maximum absolute atomic E-state index is 12.9. The third-order valence-corrected chi connectivity index (χ3v) is 5.54. The lowest BCUT2D eigenvalue weighted by atomic mass is 10.1. The minimum atomic E-state index is -0.369. The van der Waals surface area contributed by atoms with Gasteiger partial charge in [0.25, 0.3) is 5.91 Å². The Kier molecular flexibility index (Phi) is 7.17. The van der Waals surface area contributed by atoms with Crippen molar-refractivity contribution < 1.29 is 19.1 Å². The van der Waals surface area contributed by atoms with Crippen LogP contribution >= 0.6 is 0 Å². The summed E-state index contributed by atoms with van der Waals surface area (Å²) in [7, 11) is 0. The number of nitrogens with zero attached hydrogens (tertiary/aromatic N) is 3. The van der Waals surface area contributed by atoms with Crippen LogP contribution in [0.4, 0.5) is 10.5 Å². The lowest BCUT2D eigenvalue weighted by Crippen LogP contribution is -2.50. The summed E-state index contributed by atoms with van der Waals surface area (Å²) in [5, 5.41) is 2.73. The summed E-state index contributed by atoms with van der Waals surface area (Å²) in [5.41, 5.74) is 3.77. The first kappa shape index (κ1) is 23.0. The number of carbonyl (C=O) groups is 3. The molecule has 0 bridgehead atoms.